The Morgan fingerprint density at radius 1 is 1.18 bits per heavy atom. The Labute approximate surface area is 68.0 Å². The molecular weight excluding hydrogens is 140 g/mol. The van der Waals surface area contributed by atoms with Crippen LogP contribution in [-0.2, 0) is 0 Å². The Morgan fingerprint density at radius 3 is 1.91 bits per heavy atom. The van der Waals surface area contributed by atoms with Gasteiger partial charge in [0.1, 0.15) is 0 Å². The number of carbonyl (C=O) groups excluding carboxylic acids is 1. The van der Waals surface area contributed by atoms with Crippen molar-refractivity contribution in [3.63, 3.8) is 0 Å². The molecule has 0 spiro atoms. The Morgan fingerprint density at radius 2 is 1.55 bits per heavy atom. The highest BCUT2D eigenvalue weighted by atomic mass is 16.2. The highest BCUT2D eigenvalue weighted by Crippen LogP contribution is 2.17. The smallest absolute Gasteiger partial charge is 0.319 e. The van der Waals surface area contributed by atoms with Crippen molar-refractivity contribution in [3.05, 3.63) is 0 Å². The maximum absolute atomic E-state index is 11.4. The van der Waals surface area contributed by atoms with Gasteiger partial charge in [0.25, 0.3) is 0 Å². The zero-order valence-corrected chi connectivity index (χ0v) is 7.66. The van der Waals surface area contributed by atoms with Crippen LogP contribution in [0.15, 0.2) is 0 Å². The van der Waals surface area contributed by atoms with Crippen LogP contribution in [0.4, 0.5) is 4.79 Å². The third kappa shape index (κ3) is 1.32. The molecule has 0 saturated carbocycles. The Balaban J connectivity index is 2.71. The van der Waals surface area contributed by atoms with Gasteiger partial charge in [0, 0.05) is 26.2 Å². The van der Waals surface area contributed by atoms with E-state index in [2.05, 4.69) is 13.8 Å². The van der Waals surface area contributed by atoms with Gasteiger partial charge in [-0.25, -0.2) is 4.79 Å². The van der Waals surface area contributed by atoms with Crippen molar-refractivity contribution in [2.45, 2.75) is 32.4 Å². The molecule has 0 aromatic rings. The van der Waals surface area contributed by atoms with Crippen LogP contribution in [0.25, 0.3) is 0 Å². The highest BCUT2D eigenvalue weighted by molar-refractivity contribution is 5.75. The Kier molecular flexibility index (Phi) is 2.07. The van der Waals surface area contributed by atoms with E-state index in [1.165, 1.54) is 0 Å². The summed E-state index contributed by atoms with van der Waals surface area (Å²) in [6.45, 7) is 4.17. The minimum atomic E-state index is 0.135. The zero-order valence-electron chi connectivity index (χ0n) is 7.66. The first-order valence-corrected chi connectivity index (χ1v) is 4.03. The van der Waals surface area contributed by atoms with Crippen molar-refractivity contribution >= 4 is 6.03 Å². The molecule has 0 unspecified atom stereocenters. The van der Waals surface area contributed by atoms with Crippen LogP contribution >= 0.6 is 0 Å². The van der Waals surface area contributed by atoms with Crippen molar-refractivity contribution in [2.75, 3.05) is 14.1 Å². The molecule has 3 nitrogen and oxygen atoms in total. The largest absolute Gasteiger partial charge is 0.325 e. The van der Waals surface area contributed by atoms with E-state index in [1.807, 2.05) is 14.1 Å². The molecule has 0 bridgehead atoms. The average Bonchev–Trinajstić information content (AvgIpc) is 1.97. The number of carbonyl (C=O) groups is 1. The fourth-order valence-electron chi connectivity index (χ4n) is 1.44. The summed E-state index contributed by atoms with van der Waals surface area (Å²) in [6, 6.07) is 0.902. The lowest BCUT2D eigenvalue weighted by atomic mass is 10.1. The van der Waals surface area contributed by atoms with E-state index in [-0.39, 0.29) is 6.03 Å². The van der Waals surface area contributed by atoms with Crippen molar-refractivity contribution in [1.29, 1.82) is 0 Å². The van der Waals surface area contributed by atoms with Crippen LogP contribution in [0.2, 0.25) is 0 Å². The van der Waals surface area contributed by atoms with Crippen molar-refractivity contribution in [3.8, 4) is 0 Å². The van der Waals surface area contributed by atoms with Crippen molar-refractivity contribution < 1.29 is 4.79 Å². The third-order valence-electron chi connectivity index (χ3n) is 2.61. The summed E-state index contributed by atoms with van der Waals surface area (Å²) >= 11 is 0. The maximum atomic E-state index is 11.4. The quantitative estimate of drug-likeness (QED) is 0.516. The number of hydrogen-bond acceptors (Lipinski definition) is 1. The molecule has 11 heavy (non-hydrogen) atoms. The van der Waals surface area contributed by atoms with Crippen LogP contribution in [-0.4, -0.2) is 42.0 Å². The summed E-state index contributed by atoms with van der Waals surface area (Å²) < 4.78 is 0. The van der Waals surface area contributed by atoms with E-state index in [0.29, 0.717) is 12.1 Å². The summed E-state index contributed by atoms with van der Waals surface area (Å²) in [5, 5.41) is 0. The number of nitrogens with zero attached hydrogens (tertiary/aromatic N) is 2. The van der Waals surface area contributed by atoms with Gasteiger partial charge in [0.05, 0.1) is 0 Å². The maximum Gasteiger partial charge on any atom is 0.319 e. The van der Waals surface area contributed by atoms with Gasteiger partial charge in [0.2, 0.25) is 0 Å². The van der Waals surface area contributed by atoms with Gasteiger partial charge in [-0.05, 0) is 20.3 Å². The highest BCUT2D eigenvalue weighted by Gasteiger charge is 2.29. The standard InChI is InChI=1S/C8H16N2O/c1-6-5-7(2)10(4)8(11)9(6)3/h6-7H,5H2,1-4H3/t6-,7-/m1/s1. The van der Waals surface area contributed by atoms with E-state index >= 15 is 0 Å². The van der Waals surface area contributed by atoms with Crippen LogP contribution < -0.4 is 0 Å². The van der Waals surface area contributed by atoms with Crippen LogP contribution in [0.5, 0.6) is 0 Å². The molecule has 0 aromatic heterocycles. The summed E-state index contributed by atoms with van der Waals surface area (Å²) in [5.74, 6) is 0. The van der Waals surface area contributed by atoms with E-state index in [0.717, 1.165) is 6.42 Å². The molecule has 0 N–H and O–H groups in total. The van der Waals surface area contributed by atoms with E-state index in [9.17, 15) is 4.79 Å². The Hall–Kier alpha value is -0.730. The lowest BCUT2D eigenvalue weighted by Gasteiger charge is -2.40. The molecule has 2 atom stereocenters. The number of urea groups is 1. The summed E-state index contributed by atoms with van der Waals surface area (Å²) in [7, 11) is 3.71. The van der Waals surface area contributed by atoms with Gasteiger partial charge >= 0.3 is 6.03 Å². The topological polar surface area (TPSA) is 23.6 Å². The minimum absolute atomic E-state index is 0.135. The van der Waals surface area contributed by atoms with Gasteiger partial charge < -0.3 is 9.80 Å². The zero-order chi connectivity index (χ0) is 8.59. The molecule has 0 aliphatic carbocycles. The van der Waals surface area contributed by atoms with Crippen LogP contribution in [0, 0.1) is 0 Å². The monoisotopic (exact) mass is 156 g/mol. The number of rotatable bonds is 0. The van der Waals surface area contributed by atoms with Gasteiger partial charge in [-0.15, -0.1) is 0 Å². The second-order valence-electron chi connectivity index (χ2n) is 3.44. The number of hydrogen-bond donors (Lipinski definition) is 0. The molecule has 1 fully saturated rings. The first-order chi connectivity index (χ1) is 5.04. The first-order valence-electron chi connectivity index (χ1n) is 4.03. The van der Waals surface area contributed by atoms with Crippen LogP contribution in [0.3, 0.4) is 0 Å². The molecule has 1 aliphatic heterocycles. The molecule has 1 aliphatic rings. The lowest BCUT2D eigenvalue weighted by Crippen LogP contribution is -2.53. The lowest BCUT2D eigenvalue weighted by molar-refractivity contribution is 0.104. The second kappa shape index (κ2) is 2.72. The van der Waals surface area contributed by atoms with Gasteiger partial charge in [0.15, 0.2) is 0 Å². The first kappa shape index (κ1) is 8.37. The molecule has 3 heteroatoms. The SMILES string of the molecule is C[C@@H]1C[C@@H](C)N(C)C(=O)N1C. The Bertz CT molecular complexity index is 153. The normalized spacial score (nSPS) is 32.9. The van der Waals surface area contributed by atoms with Crippen molar-refractivity contribution in [2.24, 2.45) is 0 Å². The molecule has 1 rings (SSSR count). The van der Waals surface area contributed by atoms with E-state index < -0.39 is 0 Å². The van der Waals surface area contributed by atoms with E-state index in [1.54, 1.807) is 9.80 Å². The van der Waals surface area contributed by atoms with Gasteiger partial charge in [-0.3, -0.25) is 0 Å². The molecule has 64 valence electrons. The average molecular weight is 156 g/mol. The molecular formula is C8H16N2O. The third-order valence-corrected chi connectivity index (χ3v) is 2.61. The summed E-state index contributed by atoms with van der Waals surface area (Å²) in [6.07, 6.45) is 1.07. The second-order valence-corrected chi connectivity index (χ2v) is 3.44. The van der Waals surface area contributed by atoms with E-state index in [4.69, 9.17) is 0 Å². The predicted molar refractivity (Wildman–Crippen MR) is 44.5 cm³/mol. The summed E-state index contributed by atoms with van der Waals surface area (Å²) in [4.78, 5) is 15.0. The number of amides is 2. The molecule has 1 heterocycles. The predicted octanol–water partition coefficient (Wildman–Crippen LogP) is 1.15. The van der Waals surface area contributed by atoms with Gasteiger partial charge in [-0.1, -0.05) is 0 Å². The molecule has 0 aromatic carbocycles. The summed E-state index contributed by atoms with van der Waals surface area (Å²) in [5.41, 5.74) is 0. The fraction of sp³-hybridized carbons (Fsp3) is 0.875. The fourth-order valence-corrected chi connectivity index (χ4v) is 1.44. The molecule has 2 amide bonds. The minimum Gasteiger partial charge on any atom is -0.325 e. The molecule has 1 saturated heterocycles. The molecule has 0 radical (unpaired) electrons. The van der Waals surface area contributed by atoms with Gasteiger partial charge in [-0.2, -0.15) is 0 Å². The van der Waals surface area contributed by atoms with Crippen molar-refractivity contribution in [1.82, 2.24) is 9.80 Å². The van der Waals surface area contributed by atoms with Crippen LogP contribution in [0.1, 0.15) is 20.3 Å².